The minimum absolute atomic E-state index is 0.356. The standard InChI is InChI=1S/C14H28N2/c1-13(2)8-6-11(12(13)15)10-16-9-5-7-14(16,3)4/h11-12H,5-10,15H2,1-4H3. The fraction of sp³-hybridized carbons (Fsp3) is 1.00. The van der Waals surface area contributed by atoms with Gasteiger partial charge in [-0.05, 0) is 57.4 Å². The molecular formula is C14H28N2. The van der Waals surface area contributed by atoms with Crippen molar-refractivity contribution in [2.45, 2.75) is 65.0 Å². The molecule has 0 aromatic heterocycles. The van der Waals surface area contributed by atoms with Crippen LogP contribution < -0.4 is 5.73 Å². The van der Waals surface area contributed by atoms with E-state index < -0.39 is 0 Å². The first-order valence-corrected chi connectivity index (χ1v) is 6.84. The van der Waals surface area contributed by atoms with Crippen LogP contribution in [0.4, 0.5) is 0 Å². The van der Waals surface area contributed by atoms with Crippen LogP contribution in [0.25, 0.3) is 0 Å². The molecule has 1 saturated carbocycles. The van der Waals surface area contributed by atoms with Gasteiger partial charge in [-0.25, -0.2) is 0 Å². The van der Waals surface area contributed by atoms with Gasteiger partial charge in [0.2, 0.25) is 0 Å². The Morgan fingerprint density at radius 3 is 2.31 bits per heavy atom. The van der Waals surface area contributed by atoms with E-state index in [2.05, 4.69) is 32.6 Å². The molecule has 1 aliphatic carbocycles. The third kappa shape index (κ3) is 2.14. The molecule has 2 nitrogen and oxygen atoms in total. The van der Waals surface area contributed by atoms with Crippen LogP contribution >= 0.6 is 0 Å². The van der Waals surface area contributed by atoms with Gasteiger partial charge in [0, 0.05) is 18.1 Å². The molecule has 0 aromatic rings. The number of hydrogen-bond donors (Lipinski definition) is 1. The van der Waals surface area contributed by atoms with E-state index >= 15 is 0 Å². The van der Waals surface area contributed by atoms with E-state index in [0.717, 1.165) is 0 Å². The predicted molar refractivity (Wildman–Crippen MR) is 69.4 cm³/mol. The monoisotopic (exact) mass is 224 g/mol. The Morgan fingerprint density at radius 2 is 1.88 bits per heavy atom. The molecule has 0 amide bonds. The summed E-state index contributed by atoms with van der Waals surface area (Å²) in [5, 5.41) is 0. The Hall–Kier alpha value is -0.0800. The van der Waals surface area contributed by atoms with Crippen molar-refractivity contribution in [2.24, 2.45) is 17.1 Å². The third-order valence-corrected chi connectivity index (χ3v) is 5.10. The molecule has 1 saturated heterocycles. The van der Waals surface area contributed by atoms with Crippen molar-refractivity contribution in [3.8, 4) is 0 Å². The average molecular weight is 224 g/mol. The first kappa shape index (κ1) is 12.4. The lowest BCUT2D eigenvalue weighted by molar-refractivity contribution is 0.137. The molecule has 0 aromatic carbocycles. The second-order valence-corrected chi connectivity index (χ2v) is 7.18. The molecule has 2 N–H and O–H groups in total. The van der Waals surface area contributed by atoms with E-state index in [9.17, 15) is 0 Å². The predicted octanol–water partition coefficient (Wildman–Crippen LogP) is 2.62. The molecule has 2 rings (SSSR count). The summed E-state index contributed by atoms with van der Waals surface area (Å²) in [6, 6.07) is 0.392. The Morgan fingerprint density at radius 1 is 1.19 bits per heavy atom. The van der Waals surface area contributed by atoms with E-state index in [1.807, 2.05) is 0 Å². The largest absolute Gasteiger partial charge is 0.327 e. The second-order valence-electron chi connectivity index (χ2n) is 7.18. The van der Waals surface area contributed by atoms with Crippen LogP contribution in [0, 0.1) is 11.3 Å². The van der Waals surface area contributed by atoms with E-state index in [-0.39, 0.29) is 0 Å². The van der Waals surface area contributed by atoms with E-state index in [1.54, 1.807) is 0 Å². The minimum atomic E-state index is 0.356. The summed E-state index contributed by atoms with van der Waals surface area (Å²) < 4.78 is 0. The van der Waals surface area contributed by atoms with Crippen LogP contribution in [0.5, 0.6) is 0 Å². The van der Waals surface area contributed by atoms with Crippen molar-refractivity contribution in [3.05, 3.63) is 0 Å². The number of hydrogen-bond acceptors (Lipinski definition) is 2. The second kappa shape index (κ2) is 3.99. The van der Waals surface area contributed by atoms with Crippen molar-refractivity contribution >= 4 is 0 Å². The molecule has 0 bridgehead atoms. The highest BCUT2D eigenvalue weighted by atomic mass is 15.2. The van der Waals surface area contributed by atoms with Crippen molar-refractivity contribution < 1.29 is 0 Å². The molecule has 2 heteroatoms. The normalized spacial score (nSPS) is 38.1. The van der Waals surface area contributed by atoms with Crippen molar-refractivity contribution in [1.82, 2.24) is 4.90 Å². The van der Waals surface area contributed by atoms with Gasteiger partial charge >= 0.3 is 0 Å². The number of rotatable bonds is 2. The summed E-state index contributed by atoms with van der Waals surface area (Å²) in [6.07, 6.45) is 5.32. The summed E-state index contributed by atoms with van der Waals surface area (Å²) >= 11 is 0. The van der Waals surface area contributed by atoms with Crippen molar-refractivity contribution in [3.63, 3.8) is 0 Å². The number of nitrogens with zero attached hydrogens (tertiary/aromatic N) is 1. The Kier molecular flexibility index (Phi) is 3.09. The van der Waals surface area contributed by atoms with E-state index in [0.29, 0.717) is 22.9 Å². The Labute approximate surface area is 101 Å². The molecule has 94 valence electrons. The van der Waals surface area contributed by atoms with Crippen LogP contribution in [-0.4, -0.2) is 29.6 Å². The summed E-state index contributed by atoms with van der Waals surface area (Å²) in [4.78, 5) is 2.67. The molecule has 2 aliphatic rings. The first-order chi connectivity index (χ1) is 7.33. The Balaban J connectivity index is 1.96. The Bertz CT molecular complexity index is 257. The number of nitrogens with two attached hydrogens (primary N) is 1. The summed E-state index contributed by atoms with van der Waals surface area (Å²) in [5.41, 5.74) is 7.16. The van der Waals surface area contributed by atoms with Gasteiger partial charge in [0.1, 0.15) is 0 Å². The van der Waals surface area contributed by atoms with Crippen LogP contribution in [0.2, 0.25) is 0 Å². The zero-order chi connectivity index (χ0) is 12.0. The maximum atomic E-state index is 6.40. The first-order valence-electron chi connectivity index (χ1n) is 6.84. The highest BCUT2D eigenvalue weighted by Gasteiger charge is 2.42. The quantitative estimate of drug-likeness (QED) is 0.781. The van der Waals surface area contributed by atoms with Crippen LogP contribution in [0.3, 0.4) is 0 Å². The minimum Gasteiger partial charge on any atom is -0.327 e. The van der Waals surface area contributed by atoms with Gasteiger partial charge in [-0.3, -0.25) is 4.90 Å². The van der Waals surface area contributed by atoms with E-state index in [4.69, 9.17) is 5.73 Å². The molecular weight excluding hydrogens is 196 g/mol. The highest BCUT2D eigenvalue weighted by Crippen LogP contribution is 2.41. The topological polar surface area (TPSA) is 29.3 Å². The van der Waals surface area contributed by atoms with Crippen LogP contribution in [0.1, 0.15) is 53.4 Å². The molecule has 2 unspecified atom stereocenters. The lowest BCUT2D eigenvalue weighted by Gasteiger charge is -2.36. The van der Waals surface area contributed by atoms with Gasteiger partial charge < -0.3 is 5.73 Å². The smallest absolute Gasteiger partial charge is 0.0153 e. The molecule has 1 heterocycles. The molecule has 0 radical (unpaired) electrons. The molecule has 2 fully saturated rings. The van der Waals surface area contributed by atoms with Gasteiger partial charge in [-0.1, -0.05) is 13.8 Å². The van der Waals surface area contributed by atoms with Gasteiger partial charge in [0.15, 0.2) is 0 Å². The molecule has 1 aliphatic heterocycles. The van der Waals surface area contributed by atoms with Gasteiger partial charge in [0.25, 0.3) is 0 Å². The van der Waals surface area contributed by atoms with Gasteiger partial charge in [-0.15, -0.1) is 0 Å². The van der Waals surface area contributed by atoms with E-state index in [1.165, 1.54) is 38.8 Å². The summed E-state index contributed by atoms with van der Waals surface area (Å²) in [7, 11) is 0. The lowest BCUT2D eigenvalue weighted by atomic mass is 9.85. The zero-order valence-electron chi connectivity index (χ0n) is 11.4. The maximum absolute atomic E-state index is 6.40. The average Bonchev–Trinajstić information content (AvgIpc) is 2.62. The number of likely N-dealkylation sites (tertiary alicyclic amines) is 1. The van der Waals surface area contributed by atoms with Crippen molar-refractivity contribution in [1.29, 1.82) is 0 Å². The fourth-order valence-corrected chi connectivity index (χ4v) is 3.53. The van der Waals surface area contributed by atoms with Crippen LogP contribution in [-0.2, 0) is 0 Å². The third-order valence-electron chi connectivity index (χ3n) is 5.10. The fourth-order valence-electron chi connectivity index (χ4n) is 3.53. The lowest BCUT2D eigenvalue weighted by Crippen LogP contribution is -2.46. The summed E-state index contributed by atoms with van der Waals surface area (Å²) in [5.74, 6) is 0.715. The highest BCUT2D eigenvalue weighted by molar-refractivity contribution is 4.97. The van der Waals surface area contributed by atoms with Gasteiger partial charge in [-0.2, -0.15) is 0 Å². The zero-order valence-corrected chi connectivity index (χ0v) is 11.4. The molecule has 2 atom stereocenters. The SMILES string of the molecule is CC1(C)CCC(CN2CCCC2(C)C)C1N. The maximum Gasteiger partial charge on any atom is 0.0153 e. The van der Waals surface area contributed by atoms with Gasteiger partial charge in [0.05, 0.1) is 0 Å². The molecule has 0 spiro atoms. The van der Waals surface area contributed by atoms with Crippen molar-refractivity contribution in [2.75, 3.05) is 13.1 Å². The molecule has 16 heavy (non-hydrogen) atoms. The van der Waals surface area contributed by atoms with Crippen LogP contribution in [0.15, 0.2) is 0 Å². The summed E-state index contributed by atoms with van der Waals surface area (Å²) in [6.45, 7) is 11.9.